The molecule has 0 spiro atoms. The molecule has 0 amide bonds. The van der Waals surface area contributed by atoms with Gasteiger partial charge in [0.1, 0.15) is 0 Å². The van der Waals surface area contributed by atoms with Gasteiger partial charge in [0, 0.05) is 0 Å². The summed E-state index contributed by atoms with van der Waals surface area (Å²) in [5.74, 6) is 0.698. The van der Waals surface area contributed by atoms with Crippen LogP contribution in [-0.2, 0) is 33.7 Å². The van der Waals surface area contributed by atoms with Crippen LogP contribution in [-0.4, -0.2) is 9.52 Å². The summed E-state index contributed by atoms with van der Waals surface area (Å²) in [7, 11) is 10.7. The molecule has 2 radical (unpaired) electrons. The molecule has 5 aromatic rings. The average molecular weight is 631 g/mol. The Labute approximate surface area is 249 Å². The molecule has 0 aromatic heterocycles. The summed E-state index contributed by atoms with van der Waals surface area (Å²) in [4.78, 5) is 0. The second-order valence-corrected chi connectivity index (χ2v) is 15.0. The quantitative estimate of drug-likeness (QED) is 0.135. The molecule has 0 bridgehead atoms. The molecule has 0 unspecified atom stereocenters. The smallest absolute Gasteiger partial charge is 0.0920 e. The molecule has 0 saturated heterocycles. The molecule has 4 heteroatoms. The van der Waals surface area contributed by atoms with E-state index in [1.54, 1.807) is 0 Å². The number of aryl methyl sites for hydroxylation is 2. The van der Waals surface area contributed by atoms with E-state index < -0.39 is 20.8 Å². The molecule has 0 saturated carbocycles. The van der Waals surface area contributed by atoms with Crippen molar-refractivity contribution >= 4 is 47.7 Å². The number of fused-ring (bicyclic) bond motifs is 4. The van der Waals surface area contributed by atoms with Gasteiger partial charge >= 0.3 is 37.9 Å². The first kappa shape index (κ1) is 29.2. The van der Waals surface area contributed by atoms with E-state index in [0.717, 1.165) is 22.4 Å². The van der Waals surface area contributed by atoms with Crippen LogP contribution in [0.5, 0.6) is 0 Å². The van der Waals surface area contributed by atoms with Gasteiger partial charge in [0.2, 0.25) is 0 Å². The predicted molar refractivity (Wildman–Crippen MR) is 165 cm³/mol. The first-order chi connectivity index (χ1) is 18.5. The van der Waals surface area contributed by atoms with Crippen molar-refractivity contribution in [3.05, 3.63) is 114 Å². The zero-order chi connectivity index (χ0) is 27.1. The van der Waals surface area contributed by atoms with Crippen molar-refractivity contribution in [2.45, 2.75) is 40.5 Å². The van der Waals surface area contributed by atoms with Crippen molar-refractivity contribution in [3.8, 4) is 22.3 Å². The number of rotatable bonds is 4. The molecule has 1 aliphatic heterocycles. The molecule has 0 aliphatic carbocycles. The maximum absolute atomic E-state index is 4.93. The third kappa shape index (κ3) is 6.83. The van der Waals surface area contributed by atoms with Crippen molar-refractivity contribution in [1.29, 1.82) is 0 Å². The molecular formula is C34H32Cl2SiZr. The van der Waals surface area contributed by atoms with Gasteiger partial charge in [-0.05, 0) is 36.8 Å². The van der Waals surface area contributed by atoms with E-state index in [2.05, 4.69) is 119 Å². The van der Waals surface area contributed by atoms with E-state index in [9.17, 15) is 0 Å². The van der Waals surface area contributed by atoms with Crippen LogP contribution in [0.1, 0.15) is 37.5 Å². The van der Waals surface area contributed by atoms with Crippen molar-refractivity contribution in [1.82, 2.24) is 0 Å². The van der Waals surface area contributed by atoms with Gasteiger partial charge in [-0.1, -0.05) is 91.2 Å². The van der Waals surface area contributed by atoms with Crippen LogP contribution in [0.15, 0.2) is 91.0 Å². The Hall–Kier alpha value is -1.83. The van der Waals surface area contributed by atoms with Gasteiger partial charge in [0.05, 0.1) is 9.52 Å². The fourth-order valence-electron chi connectivity index (χ4n) is 5.20. The number of benzene rings is 4. The average Bonchev–Trinajstić information content (AvgIpc) is 3.50. The summed E-state index contributed by atoms with van der Waals surface area (Å²) in [6.45, 7) is 9.05. The monoisotopic (exact) mass is 628 g/mol. The van der Waals surface area contributed by atoms with Crippen LogP contribution in [0, 0.1) is 18.9 Å². The summed E-state index contributed by atoms with van der Waals surface area (Å²) < 4.78 is 0. The van der Waals surface area contributed by atoms with E-state index in [1.807, 2.05) is 6.07 Å². The van der Waals surface area contributed by atoms with Crippen LogP contribution in [0.4, 0.5) is 0 Å². The van der Waals surface area contributed by atoms with Crippen LogP contribution < -0.4 is 10.4 Å². The van der Waals surface area contributed by atoms with Crippen molar-refractivity contribution in [3.63, 3.8) is 0 Å². The number of hydrogen-bond donors (Lipinski definition) is 0. The molecule has 190 valence electrons. The van der Waals surface area contributed by atoms with E-state index in [-0.39, 0.29) is 0 Å². The van der Waals surface area contributed by atoms with Gasteiger partial charge in [0.15, 0.2) is 0 Å². The van der Waals surface area contributed by atoms with E-state index >= 15 is 0 Å². The van der Waals surface area contributed by atoms with Crippen molar-refractivity contribution < 1.29 is 20.8 Å². The summed E-state index contributed by atoms with van der Waals surface area (Å²) in [6, 6.07) is 36.3. The minimum absolute atomic E-state index is 0.698. The van der Waals surface area contributed by atoms with Gasteiger partial charge in [-0.2, -0.15) is 35.5 Å². The first-order valence-electron chi connectivity index (χ1n) is 13.1. The predicted octanol–water partition coefficient (Wildman–Crippen LogP) is 8.79. The molecule has 0 N–H and O–H groups in total. The van der Waals surface area contributed by atoms with Crippen molar-refractivity contribution in [2.24, 2.45) is 5.92 Å². The second-order valence-electron chi connectivity index (χ2n) is 9.93. The zero-order valence-electron chi connectivity index (χ0n) is 22.4. The van der Waals surface area contributed by atoms with Crippen LogP contribution >= 0.6 is 17.0 Å². The molecule has 0 atom stereocenters. The summed E-state index contributed by atoms with van der Waals surface area (Å²) in [5, 5.41) is 5.61. The summed E-state index contributed by atoms with van der Waals surface area (Å²) >= 11 is -0.826. The topological polar surface area (TPSA) is 0 Å². The Kier molecular flexibility index (Phi) is 10.7. The van der Waals surface area contributed by atoms with Crippen LogP contribution in [0.2, 0.25) is 0 Å². The van der Waals surface area contributed by atoms with E-state index in [1.165, 1.54) is 60.1 Å². The third-order valence-electron chi connectivity index (χ3n) is 6.80. The first-order valence-corrected chi connectivity index (χ1v) is 20.4. The summed E-state index contributed by atoms with van der Waals surface area (Å²) in [5.41, 5.74) is 9.86. The van der Waals surface area contributed by atoms with Crippen LogP contribution in [0.25, 0.3) is 33.0 Å². The maximum Gasteiger partial charge on any atom is 0.0920 e. The normalized spacial score (nSPS) is 11.1. The Morgan fingerprint density at radius 2 is 1.58 bits per heavy atom. The number of halogens is 2. The molecular weight excluding hydrogens is 599 g/mol. The second kappa shape index (κ2) is 14.0. The molecule has 0 nitrogen and oxygen atoms in total. The Balaban J connectivity index is 0.000000177. The van der Waals surface area contributed by atoms with Gasteiger partial charge in [-0.3, -0.25) is 0 Å². The van der Waals surface area contributed by atoms with E-state index in [0.29, 0.717) is 5.92 Å². The van der Waals surface area contributed by atoms with Gasteiger partial charge in [-0.15, -0.1) is 40.1 Å². The standard InChI is InChI=1S/C22H25.C12H7Si.2ClH.Zr/c1-5-18-8-6-7-9-20(18)22-16(4)10-11-19-13-17(12-15(2)3)14-21(19)22;1-3-7-11-9(5-1)10-6-2-4-8-12(10)13-11;;;/h6-11,13-15H,5,12H2,1-4H3;1-7H;2*1H;/q2*-1;;;+4/p-2. The molecule has 6 rings (SSSR count). The van der Waals surface area contributed by atoms with Crippen LogP contribution in [0.3, 0.4) is 0 Å². The zero-order valence-corrected chi connectivity index (χ0v) is 27.4. The Morgan fingerprint density at radius 1 is 0.895 bits per heavy atom. The molecule has 1 aliphatic rings. The molecule has 5 aromatic carbocycles. The van der Waals surface area contributed by atoms with Gasteiger partial charge < -0.3 is 0 Å². The van der Waals surface area contributed by atoms with E-state index in [4.69, 9.17) is 17.0 Å². The van der Waals surface area contributed by atoms with Crippen molar-refractivity contribution in [2.75, 3.05) is 0 Å². The van der Waals surface area contributed by atoms with Gasteiger partial charge in [0.25, 0.3) is 0 Å². The Morgan fingerprint density at radius 3 is 2.32 bits per heavy atom. The SMILES string of the molecule is CCc1ccccc1-c1c(C)ccc2[cH-]c(CC(C)C)cc12.[Cl][Zr+2][Cl].[c-]1cccc2c1[Si]c1ccccc1-2. The summed E-state index contributed by atoms with van der Waals surface area (Å²) in [6.07, 6.45) is 2.23. The minimum Gasteiger partial charge on any atom is -0.184 e. The Bertz CT molecular complexity index is 1460. The third-order valence-corrected chi connectivity index (χ3v) is 8.17. The fraction of sp³-hybridized carbons (Fsp3) is 0.206. The number of hydrogen-bond acceptors (Lipinski definition) is 0. The van der Waals surface area contributed by atoms with Gasteiger partial charge in [-0.25, -0.2) is 0 Å². The molecule has 0 fully saturated rings. The largest absolute Gasteiger partial charge is 0.184 e. The molecule has 38 heavy (non-hydrogen) atoms. The minimum atomic E-state index is -0.826. The maximum atomic E-state index is 4.93. The fourth-order valence-corrected chi connectivity index (χ4v) is 6.51. The molecule has 1 heterocycles.